The average Bonchev–Trinajstić information content (AvgIpc) is 2.61. The maximum absolute atomic E-state index is 12.0. The molecule has 25 heavy (non-hydrogen) atoms. The normalized spacial score (nSPS) is 10.3. The van der Waals surface area contributed by atoms with Crippen LogP contribution in [-0.4, -0.2) is 10.9 Å². The van der Waals surface area contributed by atoms with Crippen LogP contribution in [0.25, 0.3) is 0 Å². The molecule has 0 fully saturated rings. The standard InChI is InChI=1S/C19H15Cl2N3O/c20-16-8-6-14(11-17(16)21)23-15-7-9-18(22-12-15)24-19(25)10-13-4-2-1-3-5-13/h1-9,11-12,23H,10H2,(H,22,24,25). The molecule has 0 aliphatic heterocycles. The number of benzene rings is 2. The Balaban J connectivity index is 1.60. The van der Waals surface area contributed by atoms with Crippen molar-refractivity contribution in [1.82, 2.24) is 4.98 Å². The average molecular weight is 372 g/mol. The number of nitrogens with zero attached hydrogens (tertiary/aromatic N) is 1. The van der Waals surface area contributed by atoms with Crippen molar-refractivity contribution in [3.8, 4) is 0 Å². The van der Waals surface area contributed by atoms with Gasteiger partial charge in [0.2, 0.25) is 5.91 Å². The lowest BCUT2D eigenvalue weighted by Gasteiger charge is -2.09. The highest BCUT2D eigenvalue weighted by Crippen LogP contribution is 2.27. The Kier molecular flexibility index (Phi) is 5.53. The van der Waals surface area contributed by atoms with E-state index in [1.165, 1.54) is 0 Å². The Morgan fingerprint density at radius 3 is 2.36 bits per heavy atom. The molecule has 1 amide bonds. The zero-order chi connectivity index (χ0) is 17.6. The van der Waals surface area contributed by atoms with E-state index < -0.39 is 0 Å². The van der Waals surface area contributed by atoms with Crippen LogP contribution in [0.5, 0.6) is 0 Å². The number of amides is 1. The lowest BCUT2D eigenvalue weighted by Crippen LogP contribution is -2.15. The van der Waals surface area contributed by atoms with E-state index in [1.54, 1.807) is 24.4 Å². The van der Waals surface area contributed by atoms with Crippen molar-refractivity contribution < 1.29 is 4.79 Å². The van der Waals surface area contributed by atoms with E-state index in [0.29, 0.717) is 22.3 Å². The molecule has 0 radical (unpaired) electrons. The zero-order valence-electron chi connectivity index (χ0n) is 13.2. The lowest BCUT2D eigenvalue weighted by atomic mass is 10.1. The molecule has 0 atom stereocenters. The first kappa shape index (κ1) is 17.3. The van der Waals surface area contributed by atoms with Crippen molar-refractivity contribution in [2.75, 3.05) is 10.6 Å². The van der Waals surface area contributed by atoms with Gasteiger partial charge in [-0.2, -0.15) is 0 Å². The first-order chi connectivity index (χ1) is 12.1. The third kappa shape index (κ3) is 4.95. The third-order valence-electron chi connectivity index (χ3n) is 3.45. The predicted molar refractivity (Wildman–Crippen MR) is 103 cm³/mol. The number of carbonyl (C=O) groups is 1. The highest BCUT2D eigenvalue weighted by molar-refractivity contribution is 6.42. The molecule has 0 unspecified atom stereocenters. The second kappa shape index (κ2) is 8.01. The van der Waals surface area contributed by atoms with Crippen LogP contribution in [0.1, 0.15) is 5.56 Å². The second-order valence-electron chi connectivity index (χ2n) is 5.40. The van der Waals surface area contributed by atoms with Crippen LogP contribution in [0.15, 0.2) is 66.9 Å². The van der Waals surface area contributed by atoms with Crippen LogP contribution >= 0.6 is 23.2 Å². The first-order valence-corrected chi connectivity index (χ1v) is 8.38. The summed E-state index contributed by atoms with van der Waals surface area (Å²) >= 11 is 11.9. The second-order valence-corrected chi connectivity index (χ2v) is 6.21. The van der Waals surface area contributed by atoms with Crippen molar-refractivity contribution in [3.05, 3.63) is 82.5 Å². The Bertz CT molecular complexity index is 868. The summed E-state index contributed by atoms with van der Waals surface area (Å²) in [6.45, 7) is 0. The van der Waals surface area contributed by atoms with Crippen molar-refractivity contribution in [2.45, 2.75) is 6.42 Å². The van der Waals surface area contributed by atoms with E-state index in [0.717, 1.165) is 16.9 Å². The molecule has 1 heterocycles. The molecular weight excluding hydrogens is 357 g/mol. The number of hydrogen-bond donors (Lipinski definition) is 2. The molecule has 2 N–H and O–H groups in total. The van der Waals surface area contributed by atoms with Crippen LogP contribution in [0.4, 0.5) is 17.2 Å². The highest BCUT2D eigenvalue weighted by Gasteiger charge is 2.05. The molecule has 0 bridgehead atoms. The van der Waals surface area contributed by atoms with Crippen LogP contribution in [0, 0.1) is 0 Å². The highest BCUT2D eigenvalue weighted by atomic mass is 35.5. The number of hydrogen-bond acceptors (Lipinski definition) is 3. The van der Waals surface area contributed by atoms with Crippen LogP contribution in [-0.2, 0) is 11.2 Å². The number of pyridine rings is 1. The van der Waals surface area contributed by atoms with E-state index in [4.69, 9.17) is 23.2 Å². The molecule has 0 spiro atoms. The molecular formula is C19H15Cl2N3O. The van der Waals surface area contributed by atoms with Gasteiger partial charge in [0.25, 0.3) is 0 Å². The molecule has 2 aromatic carbocycles. The van der Waals surface area contributed by atoms with Crippen molar-refractivity contribution >= 4 is 46.3 Å². The minimum absolute atomic E-state index is 0.108. The summed E-state index contributed by atoms with van der Waals surface area (Å²) in [4.78, 5) is 16.3. The Morgan fingerprint density at radius 1 is 0.920 bits per heavy atom. The summed E-state index contributed by atoms with van der Waals surface area (Å²) in [6.07, 6.45) is 1.95. The minimum Gasteiger partial charge on any atom is -0.354 e. The van der Waals surface area contributed by atoms with Gasteiger partial charge in [-0.1, -0.05) is 53.5 Å². The minimum atomic E-state index is -0.108. The molecule has 0 aliphatic carbocycles. The maximum atomic E-state index is 12.0. The molecule has 4 nitrogen and oxygen atoms in total. The molecule has 1 aromatic heterocycles. The van der Waals surface area contributed by atoms with Gasteiger partial charge in [0.05, 0.1) is 28.4 Å². The van der Waals surface area contributed by atoms with E-state index in [-0.39, 0.29) is 5.91 Å². The fourth-order valence-electron chi connectivity index (χ4n) is 2.25. The fraction of sp³-hybridized carbons (Fsp3) is 0.0526. The zero-order valence-corrected chi connectivity index (χ0v) is 14.7. The van der Waals surface area contributed by atoms with Crippen molar-refractivity contribution in [3.63, 3.8) is 0 Å². The summed E-state index contributed by atoms with van der Waals surface area (Å²) in [5.74, 6) is 0.393. The lowest BCUT2D eigenvalue weighted by molar-refractivity contribution is -0.115. The molecule has 3 rings (SSSR count). The van der Waals surface area contributed by atoms with Gasteiger partial charge in [-0.05, 0) is 35.9 Å². The number of carbonyl (C=O) groups excluding carboxylic acids is 1. The van der Waals surface area contributed by atoms with E-state index >= 15 is 0 Å². The molecule has 0 saturated carbocycles. The van der Waals surface area contributed by atoms with Crippen molar-refractivity contribution in [2.24, 2.45) is 0 Å². The number of aromatic nitrogens is 1. The van der Waals surface area contributed by atoms with Gasteiger partial charge in [-0.3, -0.25) is 4.79 Å². The van der Waals surface area contributed by atoms with Crippen molar-refractivity contribution in [1.29, 1.82) is 0 Å². The maximum Gasteiger partial charge on any atom is 0.229 e. The van der Waals surface area contributed by atoms with Crippen LogP contribution in [0.2, 0.25) is 10.0 Å². The van der Waals surface area contributed by atoms with Gasteiger partial charge in [-0.25, -0.2) is 4.98 Å². The van der Waals surface area contributed by atoms with Gasteiger partial charge in [0.1, 0.15) is 5.82 Å². The Morgan fingerprint density at radius 2 is 1.68 bits per heavy atom. The van der Waals surface area contributed by atoms with E-state index in [2.05, 4.69) is 15.6 Å². The van der Waals surface area contributed by atoms with Gasteiger partial charge >= 0.3 is 0 Å². The number of anilines is 3. The quantitative estimate of drug-likeness (QED) is 0.638. The molecule has 3 aromatic rings. The fourth-order valence-corrected chi connectivity index (χ4v) is 2.55. The first-order valence-electron chi connectivity index (χ1n) is 7.62. The third-order valence-corrected chi connectivity index (χ3v) is 4.19. The number of rotatable bonds is 5. The molecule has 6 heteroatoms. The van der Waals surface area contributed by atoms with Gasteiger partial charge in [0.15, 0.2) is 0 Å². The number of halogens is 2. The molecule has 0 saturated heterocycles. The Labute approximate surface area is 155 Å². The van der Waals surface area contributed by atoms with E-state index in [1.807, 2.05) is 42.5 Å². The van der Waals surface area contributed by atoms with Crippen LogP contribution in [0.3, 0.4) is 0 Å². The molecule has 126 valence electrons. The topological polar surface area (TPSA) is 54.0 Å². The largest absolute Gasteiger partial charge is 0.354 e. The monoisotopic (exact) mass is 371 g/mol. The summed E-state index contributed by atoms with van der Waals surface area (Å²) in [5.41, 5.74) is 2.54. The van der Waals surface area contributed by atoms with Gasteiger partial charge < -0.3 is 10.6 Å². The summed E-state index contributed by atoms with van der Waals surface area (Å²) in [5, 5.41) is 6.93. The smallest absolute Gasteiger partial charge is 0.229 e. The van der Waals surface area contributed by atoms with E-state index in [9.17, 15) is 4.79 Å². The summed E-state index contributed by atoms with van der Waals surface area (Å²) < 4.78 is 0. The number of nitrogens with one attached hydrogen (secondary N) is 2. The Hall–Kier alpha value is -2.56. The molecule has 0 aliphatic rings. The predicted octanol–water partition coefficient (Wildman–Crippen LogP) is 5.31. The summed E-state index contributed by atoms with van der Waals surface area (Å²) in [6, 6.07) is 18.4. The SMILES string of the molecule is O=C(Cc1ccccc1)Nc1ccc(Nc2ccc(Cl)c(Cl)c2)cn1. The van der Waals surface area contributed by atoms with Gasteiger partial charge in [0, 0.05) is 5.69 Å². The van der Waals surface area contributed by atoms with Crippen LogP contribution < -0.4 is 10.6 Å². The van der Waals surface area contributed by atoms with Gasteiger partial charge in [-0.15, -0.1) is 0 Å². The summed E-state index contributed by atoms with van der Waals surface area (Å²) in [7, 11) is 0.